The normalized spacial score (nSPS) is 23.4. The summed E-state index contributed by atoms with van der Waals surface area (Å²) < 4.78 is 1.19. The van der Waals surface area contributed by atoms with Gasteiger partial charge in [0.15, 0.2) is 0 Å². The molecule has 3 fully saturated rings. The Morgan fingerprint density at radius 1 is 1.18 bits per heavy atom. The van der Waals surface area contributed by atoms with Gasteiger partial charge in [-0.25, -0.2) is 9.67 Å². The molecule has 2 bridgehead atoms. The van der Waals surface area contributed by atoms with Gasteiger partial charge < -0.3 is 10.6 Å². The topological polar surface area (TPSA) is 88.9 Å². The number of carbonyl (C=O) groups is 1. The highest BCUT2D eigenvalue weighted by Gasteiger charge is 2.40. The molecule has 28 heavy (non-hydrogen) atoms. The van der Waals surface area contributed by atoms with Gasteiger partial charge in [0.05, 0.1) is 5.69 Å². The van der Waals surface area contributed by atoms with E-state index in [0.29, 0.717) is 12.2 Å². The average molecular weight is 381 g/mol. The number of rotatable bonds is 6. The smallest absolute Gasteiger partial charge is 0.267 e. The van der Waals surface area contributed by atoms with E-state index < -0.39 is 0 Å². The van der Waals surface area contributed by atoms with Crippen molar-refractivity contribution in [3.05, 3.63) is 40.8 Å². The number of nitrogens with zero attached hydrogens (tertiary/aromatic N) is 3. The highest BCUT2D eigenvalue weighted by Crippen LogP contribution is 2.45. The summed E-state index contributed by atoms with van der Waals surface area (Å²) in [5, 5.41) is 10.7. The first-order valence-corrected chi connectivity index (χ1v) is 10.2. The van der Waals surface area contributed by atoms with E-state index in [0.717, 1.165) is 17.3 Å². The lowest BCUT2D eigenvalue weighted by atomic mass is 9.66. The van der Waals surface area contributed by atoms with Gasteiger partial charge in [0, 0.05) is 29.9 Å². The fourth-order valence-corrected chi connectivity index (χ4v) is 4.43. The molecule has 0 spiro atoms. The van der Waals surface area contributed by atoms with E-state index in [-0.39, 0.29) is 23.6 Å². The molecular formula is C21H27N5O2. The number of anilines is 1. The van der Waals surface area contributed by atoms with E-state index in [9.17, 15) is 9.59 Å². The fraction of sp³-hybridized carbons (Fsp3) is 0.524. The predicted molar refractivity (Wildman–Crippen MR) is 108 cm³/mol. The molecule has 7 nitrogen and oxygen atoms in total. The summed E-state index contributed by atoms with van der Waals surface area (Å²) in [4.78, 5) is 28.3. The zero-order valence-electron chi connectivity index (χ0n) is 16.3. The summed E-state index contributed by atoms with van der Waals surface area (Å²) in [6.07, 6.45) is 9.43. The quantitative estimate of drug-likeness (QED) is 0.803. The van der Waals surface area contributed by atoms with Crippen molar-refractivity contribution in [1.82, 2.24) is 20.1 Å². The molecule has 2 N–H and O–H groups in total. The van der Waals surface area contributed by atoms with Crippen LogP contribution < -0.4 is 16.2 Å². The maximum absolute atomic E-state index is 12.0. The summed E-state index contributed by atoms with van der Waals surface area (Å²) >= 11 is 0. The minimum absolute atomic E-state index is 0.0862. The molecule has 2 aromatic heterocycles. The molecule has 2 aromatic rings. The van der Waals surface area contributed by atoms with Crippen molar-refractivity contribution < 1.29 is 4.79 Å². The van der Waals surface area contributed by atoms with E-state index in [1.54, 1.807) is 12.3 Å². The predicted octanol–water partition coefficient (Wildman–Crippen LogP) is 2.58. The van der Waals surface area contributed by atoms with E-state index in [1.807, 2.05) is 19.1 Å². The number of amides is 1. The second-order valence-electron chi connectivity index (χ2n) is 7.99. The SMILES string of the molecule is CCNC(=O)Cn1nc(-c2ccc(NC34CCC(CC3)CC4)nc2)ccc1=O. The molecule has 2 heterocycles. The molecule has 0 aliphatic heterocycles. The molecule has 7 heteroatoms. The maximum atomic E-state index is 12.0. The lowest BCUT2D eigenvalue weighted by Crippen LogP contribution is -2.46. The van der Waals surface area contributed by atoms with Crippen molar-refractivity contribution in [2.45, 2.75) is 57.5 Å². The van der Waals surface area contributed by atoms with Gasteiger partial charge in [0.1, 0.15) is 12.4 Å². The van der Waals surface area contributed by atoms with Crippen molar-refractivity contribution in [3.8, 4) is 11.3 Å². The zero-order chi connectivity index (χ0) is 19.6. The highest BCUT2D eigenvalue weighted by atomic mass is 16.2. The first-order valence-electron chi connectivity index (χ1n) is 10.2. The van der Waals surface area contributed by atoms with Gasteiger partial charge in [0.2, 0.25) is 5.91 Å². The summed E-state index contributed by atoms with van der Waals surface area (Å²) in [6, 6.07) is 7.05. The first-order chi connectivity index (χ1) is 13.6. The Kier molecular flexibility index (Phi) is 5.15. The average Bonchev–Trinajstić information content (AvgIpc) is 2.72. The van der Waals surface area contributed by atoms with Gasteiger partial charge in [-0.15, -0.1) is 0 Å². The summed E-state index contributed by atoms with van der Waals surface area (Å²) in [7, 11) is 0. The van der Waals surface area contributed by atoms with Crippen LogP contribution in [0.1, 0.15) is 45.4 Å². The fourth-order valence-electron chi connectivity index (χ4n) is 4.43. The van der Waals surface area contributed by atoms with Crippen LogP contribution in [0.3, 0.4) is 0 Å². The monoisotopic (exact) mass is 381 g/mol. The molecule has 0 saturated heterocycles. The van der Waals surface area contributed by atoms with Crippen LogP contribution >= 0.6 is 0 Å². The Morgan fingerprint density at radius 2 is 1.93 bits per heavy atom. The number of fused-ring (bicyclic) bond motifs is 3. The number of hydrogen-bond donors (Lipinski definition) is 2. The summed E-state index contributed by atoms with van der Waals surface area (Å²) in [6.45, 7) is 2.27. The molecule has 0 aromatic carbocycles. The number of hydrogen-bond acceptors (Lipinski definition) is 5. The molecule has 148 valence electrons. The second kappa shape index (κ2) is 7.73. The van der Waals surface area contributed by atoms with E-state index in [1.165, 1.54) is 49.3 Å². The van der Waals surface area contributed by atoms with Crippen molar-refractivity contribution in [2.75, 3.05) is 11.9 Å². The largest absolute Gasteiger partial charge is 0.365 e. The van der Waals surface area contributed by atoms with Gasteiger partial charge in [-0.1, -0.05) is 0 Å². The lowest BCUT2D eigenvalue weighted by molar-refractivity contribution is -0.121. The van der Waals surface area contributed by atoms with Gasteiger partial charge >= 0.3 is 0 Å². The number of carbonyl (C=O) groups excluding carboxylic acids is 1. The van der Waals surface area contributed by atoms with Crippen LogP contribution in [-0.4, -0.2) is 32.8 Å². The number of aromatic nitrogens is 3. The van der Waals surface area contributed by atoms with Gasteiger partial charge in [-0.2, -0.15) is 5.10 Å². The van der Waals surface area contributed by atoms with E-state index in [4.69, 9.17) is 0 Å². The Morgan fingerprint density at radius 3 is 2.57 bits per heavy atom. The number of pyridine rings is 1. The van der Waals surface area contributed by atoms with Gasteiger partial charge in [-0.05, 0) is 69.6 Å². The summed E-state index contributed by atoms with van der Waals surface area (Å²) in [5.41, 5.74) is 1.36. The summed E-state index contributed by atoms with van der Waals surface area (Å²) in [5.74, 6) is 1.59. The third-order valence-corrected chi connectivity index (χ3v) is 6.08. The Balaban J connectivity index is 1.49. The number of nitrogens with one attached hydrogen (secondary N) is 2. The van der Waals surface area contributed by atoms with Crippen LogP contribution in [0.15, 0.2) is 35.3 Å². The highest BCUT2D eigenvalue weighted by molar-refractivity contribution is 5.75. The molecule has 3 saturated carbocycles. The Hall–Kier alpha value is -2.70. The molecule has 0 unspecified atom stereocenters. The molecule has 5 rings (SSSR count). The van der Waals surface area contributed by atoms with Crippen LogP contribution in [-0.2, 0) is 11.3 Å². The molecule has 3 aliphatic rings. The van der Waals surface area contributed by atoms with Crippen LogP contribution in [0.2, 0.25) is 0 Å². The standard InChI is InChI=1S/C21H27N5O2/c1-2-22-19(27)14-26-20(28)6-4-17(25-26)16-3-5-18(23-13-16)24-21-10-7-15(8-11-21)9-12-21/h3-6,13,15H,2,7-12,14H2,1H3,(H,22,27)(H,23,24). The van der Waals surface area contributed by atoms with Crippen molar-refractivity contribution in [2.24, 2.45) is 5.92 Å². The minimum atomic E-state index is -0.298. The van der Waals surface area contributed by atoms with Crippen LogP contribution in [0.25, 0.3) is 11.3 Å². The van der Waals surface area contributed by atoms with E-state index >= 15 is 0 Å². The third-order valence-electron chi connectivity index (χ3n) is 6.08. The Bertz CT molecular complexity index is 884. The molecule has 1 amide bonds. The van der Waals surface area contributed by atoms with Crippen molar-refractivity contribution in [1.29, 1.82) is 0 Å². The minimum Gasteiger partial charge on any atom is -0.365 e. The third kappa shape index (κ3) is 3.93. The van der Waals surface area contributed by atoms with Crippen molar-refractivity contribution >= 4 is 11.7 Å². The van der Waals surface area contributed by atoms with Gasteiger partial charge in [-0.3, -0.25) is 9.59 Å². The van der Waals surface area contributed by atoms with Crippen molar-refractivity contribution in [3.63, 3.8) is 0 Å². The lowest BCUT2D eigenvalue weighted by Gasteiger charge is -2.47. The first kappa shape index (κ1) is 18.7. The molecule has 3 aliphatic carbocycles. The van der Waals surface area contributed by atoms with Crippen LogP contribution in [0.5, 0.6) is 0 Å². The zero-order valence-corrected chi connectivity index (χ0v) is 16.3. The van der Waals surface area contributed by atoms with Gasteiger partial charge in [0.25, 0.3) is 5.56 Å². The maximum Gasteiger partial charge on any atom is 0.267 e. The van der Waals surface area contributed by atoms with E-state index in [2.05, 4.69) is 20.7 Å². The Labute approximate surface area is 164 Å². The molecular weight excluding hydrogens is 354 g/mol. The van der Waals surface area contributed by atoms with Crippen LogP contribution in [0.4, 0.5) is 5.82 Å². The second-order valence-corrected chi connectivity index (χ2v) is 7.99. The molecule has 0 atom stereocenters. The number of likely N-dealkylation sites (N-methyl/N-ethyl adjacent to an activating group) is 1. The van der Waals surface area contributed by atoms with Crippen LogP contribution in [0, 0.1) is 5.92 Å². The molecule has 0 radical (unpaired) electrons.